The van der Waals surface area contributed by atoms with Crippen molar-refractivity contribution >= 4 is 11.5 Å². The monoisotopic (exact) mass is 226 g/mol. The van der Waals surface area contributed by atoms with Crippen molar-refractivity contribution in [2.75, 3.05) is 5.32 Å². The lowest BCUT2D eigenvalue weighted by Crippen LogP contribution is -2.01. The lowest BCUT2D eigenvalue weighted by atomic mass is 10.1. The smallest absolute Gasteiger partial charge is 0.159 e. The molecule has 0 saturated carbocycles. The Morgan fingerprint density at radius 3 is 2.53 bits per heavy atom. The minimum atomic E-state index is 0.0845. The molecule has 1 N–H and O–H groups in total. The third kappa shape index (κ3) is 3.14. The molecular formula is C14H14N2O. The maximum atomic E-state index is 11.1. The van der Waals surface area contributed by atoms with Crippen molar-refractivity contribution in [2.45, 2.75) is 13.5 Å². The van der Waals surface area contributed by atoms with Crippen LogP contribution >= 0.6 is 0 Å². The van der Waals surface area contributed by atoms with Gasteiger partial charge in [0, 0.05) is 17.4 Å². The number of aromatic nitrogens is 1. The van der Waals surface area contributed by atoms with Crippen LogP contribution in [0.4, 0.5) is 5.69 Å². The van der Waals surface area contributed by atoms with E-state index in [2.05, 4.69) is 10.3 Å². The van der Waals surface area contributed by atoms with Gasteiger partial charge in [-0.15, -0.1) is 0 Å². The molecule has 1 aromatic heterocycles. The summed E-state index contributed by atoms with van der Waals surface area (Å²) in [6, 6.07) is 13.3. The fourth-order valence-corrected chi connectivity index (χ4v) is 1.52. The number of Topliss-reactive ketones (excluding diaryl/α,β-unsaturated/α-hetero) is 1. The number of ketones is 1. The summed E-state index contributed by atoms with van der Waals surface area (Å²) in [4.78, 5) is 15.3. The number of carbonyl (C=O) groups is 1. The molecule has 0 bridgehead atoms. The topological polar surface area (TPSA) is 42.0 Å². The Kier molecular flexibility index (Phi) is 3.50. The molecule has 0 spiro atoms. The second-order valence-electron chi connectivity index (χ2n) is 3.81. The predicted octanol–water partition coefficient (Wildman–Crippen LogP) is 2.90. The van der Waals surface area contributed by atoms with Crippen molar-refractivity contribution in [3.63, 3.8) is 0 Å². The van der Waals surface area contributed by atoms with Crippen LogP contribution in [0.25, 0.3) is 0 Å². The lowest BCUT2D eigenvalue weighted by molar-refractivity contribution is 0.101. The van der Waals surface area contributed by atoms with E-state index in [0.29, 0.717) is 6.54 Å². The molecule has 0 atom stereocenters. The van der Waals surface area contributed by atoms with E-state index >= 15 is 0 Å². The quantitative estimate of drug-likeness (QED) is 0.815. The number of nitrogens with zero attached hydrogens (tertiary/aromatic N) is 1. The van der Waals surface area contributed by atoms with E-state index < -0.39 is 0 Å². The second kappa shape index (κ2) is 5.25. The van der Waals surface area contributed by atoms with Crippen molar-refractivity contribution in [2.24, 2.45) is 0 Å². The maximum Gasteiger partial charge on any atom is 0.159 e. The summed E-state index contributed by atoms with van der Waals surface area (Å²) in [6.07, 6.45) is 1.77. The highest BCUT2D eigenvalue weighted by Crippen LogP contribution is 2.10. The van der Waals surface area contributed by atoms with Gasteiger partial charge >= 0.3 is 0 Å². The van der Waals surface area contributed by atoms with Crippen LogP contribution in [0.5, 0.6) is 0 Å². The molecule has 0 fully saturated rings. The molecule has 2 aromatic rings. The predicted molar refractivity (Wildman–Crippen MR) is 68.0 cm³/mol. The average molecular weight is 226 g/mol. The Morgan fingerprint density at radius 2 is 1.94 bits per heavy atom. The standard InChI is InChI=1S/C14H14N2O/c1-11(17)12-5-7-13(8-6-12)16-10-14-4-2-3-9-15-14/h2-9,16H,10H2,1H3. The van der Waals surface area contributed by atoms with Crippen LogP contribution in [-0.4, -0.2) is 10.8 Å². The lowest BCUT2D eigenvalue weighted by Gasteiger charge is -2.06. The molecule has 0 radical (unpaired) electrons. The fourth-order valence-electron chi connectivity index (χ4n) is 1.52. The molecule has 2 rings (SSSR count). The van der Waals surface area contributed by atoms with Gasteiger partial charge in [-0.05, 0) is 43.3 Å². The summed E-state index contributed by atoms with van der Waals surface area (Å²) in [5.41, 5.74) is 2.71. The first-order valence-electron chi connectivity index (χ1n) is 5.50. The van der Waals surface area contributed by atoms with Crippen molar-refractivity contribution in [3.05, 3.63) is 59.9 Å². The van der Waals surface area contributed by atoms with Crippen LogP contribution in [0.2, 0.25) is 0 Å². The number of anilines is 1. The van der Waals surface area contributed by atoms with Crippen LogP contribution in [0.1, 0.15) is 23.0 Å². The zero-order valence-electron chi connectivity index (χ0n) is 9.68. The summed E-state index contributed by atoms with van der Waals surface area (Å²) in [6.45, 7) is 2.25. The molecule has 3 nitrogen and oxygen atoms in total. The van der Waals surface area contributed by atoms with Gasteiger partial charge < -0.3 is 5.32 Å². The van der Waals surface area contributed by atoms with Gasteiger partial charge in [-0.2, -0.15) is 0 Å². The number of hydrogen-bond acceptors (Lipinski definition) is 3. The van der Waals surface area contributed by atoms with Crippen LogP contribution in [0.3, 0.4) is 0 Å². The molecule has 1 heterocycles. The second-order valence-corrected chi connectivity index (χ2v) is 3.81. The summed E-state index contributed by atoms with van der Waals surface area (Å²) in [5.74, 6) is 0.0845. The zero-order chi connectivity index (χ0) is 12.1. The summed E-state index contributed by atoms with van der Waals surface area (Å²) < 4.78 is 0. The molecule has 0 amide bonds. The number of nitrogens with one attached hydrogen (secondary N) is 1. The Balaban J connectivity index is 1.98. The van der Waals surface area contributed by atoms with E-state index in [1.165, 1.54) is 0 Å². The van der Waals surface area contributed by atoms with Gasteiger partial charge in [0.25, 0.3) is 0 Å². The summed E-state index contributed by atoms with van der Waals surface area (Å²) >= 11 is 0. The van der Waals surface area contributed by atoms with Crippen LogP contribution < -0.4 is 5.32 Å². The van der Waals surface area contributed by atoms with Crippen molar-refractivity contribution in [3.8, 4) is 0 Å². The van der Waals surface area contributed by atoms with Crippen LogP contribution in [0.15, 0.2) is 48.7 Å². The van der Waals surface area contributed by atoms with Gasteiger partial charge in [0.2, 0.25) is 0 Å². The van der Waals surface area contributed by atoms with E-state index in [-0.39, 0.29) is 5.78 Å². The fraction of sp³-hybridized carbons (Fsp3) is 0.143. The van der Waals surface area contributed by atoms with Crippen LogP contribution in [0, 0.1) is 0 Å². The molecule has 0 aliphatic heterocycles. The Labute approximate surface area is 101 Å². The maximum absolute atomic E-state index is 11.1. The highest BCUT2D eigenvalue weighted by atomic mass is 16.1. The zero-order valence-corrected chi connectivity index (χ0v) is 9.68. The number of hydrogen-bond donors (Lipinski definition) is 1. The van der Waals surface area contributed by atoms with Crippen molar-refractivity contribution in [1.82, 2.24) is 4.98 Å². The molecule has 86 valence electrons. The highest BCUT2D eigenvalue weighted by molar-refractivity contribution is 5.94. The van der Waals surface area contributed by atoms with Gasteiger partial charge in [0.15, 0.2) is 5.78 Å². The minimum absolute atomic E-state index is 0.0845. The molecule has 3 heteroatoms. The van der Waals surface area contributed by atoms with Crippen LogP contribution in [-0.2, 0) is 6.54 Å². The first-order chi connectivity index (χ1) is 8.25. The van der Waals surface area contributed by atoms with E-state index in [0.717, 1.165) is 16.9 Å². The number of pyridine rings is 1. The minimum Gasteiger partial charge on any atom is -0.379 e. The Morgan fingerprint density at radius 1 is 1.18 bits per heavy atom. The molecule has 0 aliphatic carbocycles. The molecule has 0 unspecified atom stereocenters. The molecular weight excluding hydrogens is 212 g/mol. The van der Waals surface area contributed by atoms with E-state index in [1.54, 1.807) is 13.1 Å². The molecule has 1 aromatic carbocycles. The largest absolute Gasteiger partial charge is 0.379 e. The van der Waals surface area contributed by atoms with E-state index in [1.807, 2.05) is 42.5 Å². The van der Waals surface area contributed by atoms with Gasteiger partial charge in [-0.3, -0.25) is 9.78 Å². The molecule has 0 saturated heterocycles. The normalized spacial score (nSPS) is 9.94. The number of rotatable bonds is 4. The third-order valence-electron chi connectivity index (χ3n) is 2.49. The van der Waals surface area contributed by atoms with Gasteiger partial charge in [-0.1, -0.05) is 6.07 Å². The van der Waals surface area contributed by atoms with Gasteiger partial charge in [0.05, 0.1) is 12.2 Å². The first kappa shape index (κ1) is 11.3. The Hall–Kier alpha value is -2.16. The number of benzene rings is 1. The average Bonchev–Trinajstić information content (AvgIpc) is 2.38. The summed E-state index contributed by atoms with van der Waals surface area (Å²) in [7, 11) is 0. The SMILES string of the molecule is CC(=O)c1ccc(NCc2ccccn2)cc1. The van der Waals surface area contributed by atoms with Crippen molar-refractivity contribution < 1.29 is 4.79 Å². The van der Waals surface area contributed by atoms with Gasteiger partial charge in [0.1, 0.15) is 0 Å². The first-order valence-corrected chi connectivity index (χ1v) is 5.50. The van der Waals surface area contributed by atoms with E-state index in [9.17, 15) is 4.79 Å². The summed E-state index contributed by atoms with van der Waals surface area (Å²) in [5, 5.41) is 3.25. The number of carbonyl (C=O) groups excluding carboxylic acids is 1. The molecule has 0 aliphatic rings. The highest BCUT2D eigenvalue weighted by Gasteiger charge is 1.98. The third-order valence-corrected chi connectivity index (χ3v) is 2.49. The molecule has 17 heavy (non-hydrogen) atoms. The Bertz CT molecular complexity index is 491. The van der Waals surface area contributed by atoms with Gasteiger partial charge in [-0.25, -0.2) is 0 Å². The van der Waals surface area contributed by atoms with E-state index in [4.69, 9.17) is 0 Å². The van der Waals surface area contributed by atoms with Crippen molar-refractivity contribution in [1.29, 1.82) is 0 Å².